The molecule has 1 saturated heterocycles. The predicted octanol–water partition coefficient (Wildman–Crippen LogP) is 3.65. The van der Waals surface area contributed by atoms with Gasteiger partial charge in [-0.1, -0.05) is 43.3 Å². The maximum absolute atomic E-state index is 13.0. The fourth-order valence-electron chi connectivity index (χ4n) is 3.36. The van der Waals surface area contributed by atoms with Crippen molar-refractivity contribution in [2.45, 2.75) is 30.5 Å². The van der Waals surface area contributed by atoms with Crippen LogP contribution in [0, 0.1) is 5.92 Å². The number of imide groups is 1. The Kier molecular flexibility index (Phi) is 4.48. The normalized spacial score (nSPS) is 19.0. The first-order chi connectivity index (χ1) is 12.9. The van der Waals surface area contributed by atoms with E-state index >= 15 is 0 Å². The SMILES string of the molecule is CC(C)Cc1ccc2c(n1)S[C@H]1C(=O)N(c3cccc(Cl)c3)C(=O)C1=C2N. The van der Waals surface area contributed by atoms with Crippen LogP contribution in [0.15, 0.2) is 47.0 Å². The smallest absolute Gasteiger partial charge is 0.264 e. The Bertz CT molecular complexity index is 1000. The fourth-order valence-corrected chi connectivity index (χ4v) is 4.80. The molecule has 2 N–H and O–H groups in total. The van der Waals surface area contributed by atoms with Gasteiger partial charge in [-0.05, 0) is 42.7 Å². The van der Waals surface area contributed by atoms with Crippen LogP contribution in [0.1, 0.15) is 25.1 Å². The molecule has 0 unspecified atom stereocenters. The number of rotatable bonds is 3. The van der Waals surface area contributed by atoms with Gasteiger partial charge >= 0.3 is 0 Å². The minimum Gasteiger partial charge on any atom is -0.398 e. The fraction of sp³-hybridized carbons (Fsp3) is 0.250. The predicted molar refractivity (Wildman–Crippen MR) is 107 cm³/mol. The molecule has 2 amide bonds. The van der Waals surface area contributed by atoms with Gasteiger partial charge in [-0.15, -0.1) is 0 Å². The summed E-state index contributed by atoms with van der Waals surface area (Å²) in [7, 11) is 0. The lowest BCUT2D eigenvalue weighted by Gasteiger charge is -2.20. The maximum Gasteiger partial charge on any atom is 0.264 e. The molecule has 2 aliphatic rings. The maximum atomic E-state index is 13.0. The van der Waals surface area contributed by atoms with Crippen molar-refractivity contribution in [1.82, 2.24) is 4.98 Å². The molecule has 1 aromatic carbocycles. The zero-order chi connectivity index (χ0) is 19.3. The average molecular weight is 400 g/mol. The van der Waals surface area contributed by atoms with Gasteiger partial charge in [-0.3, -0.25) is 9.59 Å². The molecule has 2 aromatic rings. The molecule has 0 spiro atoms. The lowest BCUT2D eigenvalue weighted by molar-refractivity contribution is -0.120. The number of hydrogen-bond acceptors (Lipinski definition) is 5. The lowest BCUT2D eigenvalue weighted by atomic mass is 10.0. The van der Waals surface area contributed by atoms with Gasteiger partial charge in [0, 0.05) is 16.3 Å². The van der Waals surface area contributed by atoms with Gasteiger partial charge in [0.2, 0.25) is 0 Å². The van der Waals surface area contributed by atoms with Crippen LogP contribution in [-0.4, -0.2) is 22.0 Å². The van der Waals surface area contributed by atoms with Crippen LogP contribution in [0.4, 0.5) is 5.69 Å². The largest absolute Gasteiger partial charge is 0.398 e. The number of hydrogen-bond donors (Lipinski definition) is 1. The second-order valence-corrected chi connectivity index (χ2v) is 8.57. The number of nitrogens with zero attached hydrogens (tertiary/aromatic N) is 2. The minimum atomic E-state index is -0.675. The summed E-state index contributed by atoms with van der Waals surface area (Å²) in [6.07, 6.45) is 0.844. The summed E-state index contributed by atoms with van der Waals surface area (Å²) in [5.41, 5.74) is 9.09. The molecule has 0 bridgehead atoms. The van der Waals surface area contributed by atoms with Gasteiger partial charge in [0.1, 0.15) is 10.3 Å². The van der Waals surface area contributed by atoms with Crippen LogP contribution in [0.2, 0.25) is 5.02 Å². The molecule has 27 heavy (non-hydrogen) atoms. The summed E-state index contributed by atoms with van der Waals surface area (Å²) >= 11 is 7.32. The van der Waals surface area contributed by atoms with Gasteiger partial charge < -0.3 is 5.73 Å². The van der Waals surface area contributed by atoms with Crippen LogP contribution in [0.3, 0.4) is 0 Å². The Morgan fingerprint density at radius 2 is 2.04 bits per heavy atom. The average Bonchev–Trinajstić information content (AvgIpc) is 2.85. The monoisotopic (exact) mass is 399 g/mol. The van der Waals surface area contributed by atoms with E-state index < -0.39 is 11.2 Å². The van der Waals surface area contributed by atoms with Gasteiger partial charge in [0.15, 0.2) is 0 Å². The highest BCUT2D eigenvalue weighted by atomic mass is 35.5. The summed E-state index contributed by atoms with van der Waals surface area (Å²) in [5.74, 6) is -0.235. The summed E-state index contributed by atoms with van der Waals surface area (Å²) in [6, 6.07) is 10.5. The van der Waals surface area contributed by atoms with E-state index in [1.165, 1.54) is 11.8 Å². The van der Waals surface area contributed by atoms with Crippen molar-refractivity contribution in [3.8, 4) is 0 Å². The number of aromatic nitrogens is 1. The topological polar surface area (TPSA) is 76.3 Å². The second kappa shape index (κ2) is 6.69. The van der Waals surface area contributed by atoms with Crippen molar-refractivity contribution >= 4 is 46.6 Å². The molecule has 138 valence electrons. The third-order valence-electron chi connectivity index (χ3n) is 4.55. The Morgan fingerprint density at radius 1 is 1.26 bits per heavy atom. The zero-order valence-electron chi connectivity index (χ0n) is 14.9. The Labute approximate surface area is 166 Å². The number of carbonyl (C=O) groups excluding carboxylic acids is 2. The van der Waals surface area contributed by atoms with Crippen molar-refractivity contribution in [3.05, 3.63) is 58.3 Å². The van der Waals surface area contributed by atoms with E-state index in [4.69, 9.17) is 17.3 Å². The van der Waals surface area contributed by atoms with Gasteiger partial charge in [-0.2, -0.15) is 0 Å². The Morgan fingerprint density at radius 3 is 2.74 bits per heavy atom. The van der Waals surface area contributed by atoms with Crippen molar-refractivity contribution in [2.24, 2.45) is 11.7 Å². The molecule has 1 fully saturated rings. The molecule has 0 radical (unpaired) electrons. The number of thioether (sulfide) groups is 1. The van der Waals surface area contributed by atoms with E-state index in [-0.39, 0.29) is 5.91 Å². The van der Waals surface area contributed by atoms with Crippen molar-refractivity contribution in [1.29, 1.82) is 0 Å². The van der Waals surface area contributed by atoms with Crippen LogP contribution >= 0.6 is 23.4 Å². The molecule has 0 aliphatic carbocycles. The summed E-state index contributed by atoms with van der Waals surface area (Å²) < 4.78 is 0. The first-order valence-electron chi connectivity index (χ1n) is 8.67. The first-order valence-corrected chi connectivity index (χ1v) is 9.93. The van der Waals surface area contributed by atoms with Crippen molar-refractivity contribution in [2.75, 3.05) is 4.90 Å². The number of anilines is 1. The highest BCUT2D eigenvalue weighted by Crippen LogP contribution is 2.45. The van der Waals surface area contributed by atoms with Crippen molar-refractivity contribution in [3.63, 3.8) is 0 Å². The zero-order valence-corrected chi connectivity index (χ0v) is 16.5. The van der Waals surface area contributed by atoms with Gasteiger partial charge in [0.25, 0.3) is 11.8 Å². The number of halogens is 1. The van der Waals surface area contributed by atoms with E-state index in [2.05, 4.69) is 18.8 Å². The molecule has 2 aliphatic heterocycles. The Hall–Kier alpha value is -2.31. The molecule has 0 saturated carbocycles. The summed E-state index contributed by atoms with van der Waals surface area (Å²) in [6.45, 7) is 4.26. The van der Waals surface area contributed by atoms with E-state index in [0.717, 1.165) is 17.0 Å². The van der Waals surface area contributed by atoms with Gasteiger partial charge in [0.05, 0.1) is 17.0 Å². The molecular formula is C20H18ClN3O2S. The molecule has 1 aromatic heterocycles. The molecule has 5 nitrogen and oxygen atoms in total. The molecule has 4 rings (SSSR count). The van der Waals surface area contributed by atoms with E-state index in [9.17, 15) is 9.59 Å². The summed E-state index contributed by atoms with van der Waals surface area (Å²) in [5, 5.41) is 0.486. The molecule has 7 heteroatoms. The van der Waals surface area contributed by atoms with E-state index in [1.807, 2.05) is 12.1 Å². The Balaban J connectivity index is 1.76. The highest BCUT2D eigenvalue weighted by Gasteiger charge is 2.49. The number of nitrogens with two attached hydrogens (primary N) is 1. The molecule has 1 atom stereocenters. The van der Waals surface area contributed by atoms with E-state index in [0.29, 0.717) is 38.5 Å². The number of fused-ring (bicyclic) bond motifs is 2. The summed E-state index contributed by atoms with van der Waals surface area (Å²) in [4.78, 5) is 31.8. The van der Waals surface area contributed by atoms with Gasteiger partial charge in [-0.25, -0.2) is 9.88 Å². The quantitative estimate of drug-likeness (QED) is 0.797. The number of carbonyl (C=O) groups is 2. The number of amides is 2. The third kappa shape index (κ3) is 3.03. The van der Waals surface area contributed by atoms with Crippen LogP contribution in [0.5, 0.6) is 0 Å². The van der Waals surface area contributed by atoms with Crippen LogP contribution < -0.4 is 10.6 Å². The molecule has 3 heterocycles. The lowest BCUT2D eigenvalue weighted by Crippen LogP contribution is -2.31. The minimum absolute atomic E-state index is 0.313. The molecular weight excluding hydrogens is 382 g/mol. The highest BCUT2D eigenvalue weighted by molar-refractivity contribution is 8.01. The third-order valence-corrected chi connectivity index (χ3v) is 5.99. The van der Waals surface area contributed by atoms with Crippen LogP contribution in [0.25, 0.3) is 5.70 Å². The van der Waals surface area contributed by atoms with Crippen molar-refractivity contribution < 1.29 is 9.59 Å². The number of pyridine rings is 1. The number of benzene rings is 1. The standard InChI is InChI=1S/C20H18ClN3O2S/c1-10(2)8-12-6-7-14-16(22)15-17(27-18(14)23-12)20(26)24(19(15)25)13-5-3-4-11(21)9-13/h3-7,9-10,17H,8,22H2,1-2H3/t17-/m1/s1. The van der Waals surface area contributed by atoms with Crippen LogP contribution in [-0.2, 0) is 16.0 Å². The second-order valence-electron chi connectivity index (χ2n) is 7.04. The first kappa shape index (κ1) is 18.1. The van der Waals surface area contributed by atoms with E-state index in [1.54, 1.807) is 24.3 Å².